The van der Waals surface area contributed by atoms with E-state index in [-0.39, 0.29) is 18.9 Å². The van der Waals surface area contributed by atoms with Crippen molar-refractivity contribution in [3.63, 3.8) is 0 Å². The number of aliphatic carboxylic acids is 6. The quantitative estimate of drug-likeness (QED) is 0.150. The summed E-state index contributed by atoms with van der Waals surface area (Å²) in [7, 11) is -2.42. The third kappa shape index (κ3) is 66.6. The molecule has 0 unspecified atom stereocenters. The van der Waals surface area contributed by atoms with E-state index >= 15 is 0 Å². The minimum Gasteiger partial charge on any atom is -0.832 e. The van der Waals surface area contributed by atoms with E-state index in [0.29, 0.717) is 0 Å². The molecule has 0 heterocycles. The monoisotopic (exact) mass is 338 g/mol. The van der Waals surface area contributed by atoms with Gasteiger partial charge in [-0.3, -0.25) is 0 Å². The Morgan fingerprint density at radius 1 is 0.522 bits per heavy atom. The molecule has 0 saturated carbocycles. The van der Waals surface area contributed by atoms with Crippen LogP contribution in [0.1, 0.15) is 0 Å². The number of hydrogen-bond donors (Lipinski definition) is 8. The molecule has 23 heavy (non-hydrogen) atoms. The first-order valence-electron chi connectivity index (χ1n) is 4.07. The van der Waals surface area contributed by atoms with Crippen molar-refractivity contribution in [3.05, 3.63) is 0 Å². The van der Waals surface area contributed by atoms with Gasteiger partial charge >= 0.3 is 62.0 Å². The predicted molar refractivity (Wildman–Crippen MR) is 56.0 cm³/mol. The van der Waals surface area contributed by atoms with Gasteiger partial charge in [0, 0.05) is 0 Å². The van der Waals surface area contributed by atoms with Crippen molar-refractivity contribution in [3.8, 4) is 0 Å². The third-order valence-electron chi connectivity index (χ3n) is 0.549. The van der Waals surface area contributed by atoms with Gasteiger partial charge in [-0.05, 0) is 0 Å². The van der Waals surface area contributed by atoms with Crippen LogP contribution in [0.15, 0.2) is 0 Å². The molecule has 0 atom stereocenters. The zero-order chi connectivity index (χ0) is 19.0. The summed E-state index contributed by atoms with van der Waals surface area (Å²) in [6.07, 6.45) is 0. The van der Waals surface area contributed by atoms with Crippen LogP contribution in [-0.2, 0) is 28.8 Å². The Hall–Kier alpha value is -2.64. The molecule has 0 rings (SSSR count). The summed E-state index contributed by atoms with van der Waals surface area (Å²) in [4.78, 5) is 54.6. The third-order valence-corrected chi connectivity index (χ3v) is 0.549. The maximum atomic E-state index is 9.10. The number of rotatable bonds is 0. The molecule has 0 amide bonds. The molecule has 0 saturated heterocycles. The molecule has 15 nitrogen and oxygen atoms in total. The van der Waals surface area contributed by atoms with Crippen LogP contribution in [-0.4, -0.2) is 83.8 Å². The van der Waals surface area contributed by atoms with Crippen LogP contribution in [0.25, 0.3) is 0 Å². The van der Waals surface area contributed by atoms with Crippen LogP contribution in [0, 0.1) is 0 Å². The fraction of sp³-hybridized carbons (Fsp3) is 0. The van der Waals surface area contributed by atoms with Crippen LogP contribution in [0.5, 0.6) is 0 Å². The molecule has 0 fully saturated rings. The Labute approximate surface area is 137 Å². The second kappa shape index (κ2) is 19.4. The van der Waals surface area contributed by atoms with E-state index in [1.54, 1.807) is 0 Å². The molecule has 0 aliphatic heterocycles. The molecule has 0 bridgehead atoms. The number of carboxylic acids is 6. The van der Waals surface area contributed by atoms with Crippen molar-refractivity contribution in [2.24, 2.45) is 0 Å². The minimum absolute atomic E-state index is 0. The molecular formula is C6H8BLiO15. The molecule has 0 aromatic rings. The summed E-state index contributed by atoms with van der Waals surface area (Å²) >= 11 is 0. The molecule has 17 heteroatoms. The van der Waals surface area contributed by atoms with Crippen molar-refractivity contribution in [1.29, 1.82) is 0 Å². The Morgan fingerprint density at radius 2 is 0.565 bits per heavy atom. The second-order valence-corrected chi connectivity index (χ2v) is 2.16. The molecule has 126 valence electrons. The van der Waals surface area contributed by atoms with E-state index in [1.165, 1.54) is 0 Å². The first kappa shape index (κ1) is 32.3. The van der Waals surface area contributed by atoms with Crippen molar-refractivity contribution in [2.45, 2.75) is 0 Å². The summed E-state index contributed by atoms with van der Waals surface area (Å²) in [5.74, 6) is -10.9. The zero-order valence-corrected chi connectivity index (χ0v) is 11.0. The van der Waals surface area contributed by atoms with Crippen molar-refractivity contribution < 1.29 is 93.3 Å². The summed E-state index contributed by atoms with van der Waals surface area (Å²) in [5, 5.41) is 67.1. The molecule has 0 spiro atoms. The van der Waals surface area contributed by atoms with Crippen LogP contribution < -0.4 is 23.9 Å². The SMILES string of the molecule is O=C(O)C(=O)O.O=C(O)C(=O)O.O=C(O)C(=O)O.[Li+].[O-]B(O)O. The first-order chi connectivity index (χ1) is 9.66. The summed E-state index contributed by atoms with van der Waals surface area (Å²) < 4.78 is 0. The average Bonchev–Trinajstić information content (AvgIpc) is 2.29. The molecule has 8 N–H and O–H groups in total. The molecule has 0 aromatic heterocycles. The van der Waals surface area contributed by atoms with Gasteiger partial charge in [-0.1, -0.05) is 0 Å². The molecule has 0 aliphatic carbocycles. The molecular weight excluding hydrogens is 330 g/mol. The minimum atomic E-state index is -2.42. The zero-order valence-electron chi connectivity index (χ0n) is 11.0. The largest absolute Gasteiger partial charge is 1.00 e. The Bertz CT molecular complexity index is 320. The summed E-state index contributed by atoms with van der Waals surface area (Å²) in [5.41, 5.74) is 0. The van der Waals surface area contributed by atoms with Gasteiger partial charge in [0.1, 0.15) is 0 Å². The van der Waals surface area contributed by atoms with E-state index in [0.717, 1.165) is 0 Å². The molecule has 0 aliphatic rings. The average molecular weight is 338 g/mol. The fourth-order valence-electron chi connectivity index (χ4n) is 0. The summed E-state index contributed by atoms with van der Waals surface area (Å²) in [6, 6.07) is 0. The van der Waals surface area contributed by atoms with Crippen LogP contribution in [0.4, 0.5) is 0 Å². The van der Waals surface area contributed by atoms with Gasteiger partial charge < -0.3 is 45.7 Å². The number of carboxylic acid groups (broad SMARTS) is 6. The van der Waals surface area contributed by atoms with Gasteiger partial charge in [0.25, 0.3) is 0 Å². The molecule has 0 radical (unpaired) electrons. The van der Waals surface area contributed by atoms with E-state index in [2.05, 4.69) is 0 Å². The molecule has 0 aromatic carbocycles. The van der Waals surface area contributed by atoms with Crippen LogP contribution in [0.2, 0.25) is 0 Å². The standard InChI is InChI=1S/3C2H2O4.BH2O3.Li/c3*3-1(4)2(5)6;2-1(3)4;/h3*(H,3,4)(H,5,6);2-3H;/q;;;-1;+1. The Balaban J connectivity index is -0.0000000624. The van der Waals surface area contributed by atoms with Gasteiger partial charge in [-0.2, -0.15) is 0 Å². The topological polar surface area (TPSA) is 287 Å². The second-order valence-electron chi connectivity index (χ2n) is 2.16. The maximum absolute atomic E-state index is 9.10. The van der Waals surface area contributed by atoms with E-state index in [9.17, 15) is 0 Å². The van der Waals surface area contributed by atoms with Crippen molar-refractivity contribution in [1.82, 2.24) is 0 Å². The summed E-state index contributed by atoms with van der Waals surface area (Å²) in [6.45, 7) is 0. The smallest absolute Gasteiger partial charge is 0.832 e. The first-order valence-corrected chi connectivity index (χ1v) is 4.07. The number of hydrogen-bond acceptors (Lipinski definition) is 9. The Morgan fingerprint density at radius 3 is 0.565 bits per heavy atom. The van der Waals surface area contributed by atoms with Gasteiger partial charge in [0.05, 0.1) is 0 Å². The van der Waals surface area contributed by atoms with Gasteiger partial charge in [-0.15, -0.1) is 0 Å². The van der Waals surface area contributed by atoms with Gasteiger partial charge in [-0.25, -0.2) is 28.8 Å². The van der Waals surface area contributed by atoms with E-state index in [1.807, 2.05) is 0 Å². The van der Waals surface area contributed by atoms with E-state index < -0.39 is 43.1 Å². The van der Waals surface area contributed by atoms with Crippen LogP contribution in [0.3, 0.4) is 0 Å². The predicted octanol–water partition coefficient (Wildman–Crippen LogP) is -8.21. The van der Waals surface area contributed by atoms with Gasteiger partial charge in [0.15, 0.2) is 0 Å². The maximum Gasteiger partial charge on any atom is 1.00 e. The van der Waals surface area contributed by atoms with Gasteiger partial charge in [0.2, 0.25) is 0 Å². The fourth-order valence-corrected chi connectivity index (χ4v) is 0. The Kier molecular flexibility index (Phi) is 27.2. The normalized spacial score (nSPS) is 6.91. The van der Waals surface area contributed by atoms with Crippen molar-refractivity contribution >= 4 is 43.1 Å². The van der Waals surface area contributed by atoms with E-state index in [4.69, 9.17) is 74.5 Å². The van der Waals surface area contributed by atoms with Crippen LogP contribution >= 0.6 is 0 Å². The van der Waals surface area contributed by atoms with Crippen molar-refractivity contribution in [2.75, 3.05) is 0 Å². The number of carbonyl (C=O) groups is 6.